The number of Topliss-reactive ketones (excluding diaryl/α,β-unsaturated/α-hetero) is 1. The number of unbranched alkanes of at least 4 members (excludes halogenated alkanes) is 1. The van der Waals surface area contributed by atoms with Gasteiger partial charge in [-0.15, -0.1) is 0 Å². The number of carbonyl (C=O) groups is 1. The number of ketones is 1. The van der Waals surface area contributed by atoms with Gasteiger partial charge in [0.1, 0.15) is 5.75 Å². The maximum absolute atomic E-state index is 12.2. The molecular weight excluding hydrogens is 278 g/mol. The van der Waals surface area contributed by atoms with Crippen molar-refractivity contribution in [3.63, 3.8) is 0 Å². The Hall–Kier alpha value is -1.10. The number of ether oxygens (including phenoxy) is 1. The molecule has 0 unspecified atom stereocenters. The average Bonchev–Trinajstić information content (AvgIpc) is 2.44. The molecule has 1 aromatic rings. The van der Waals surface area contributed by atoms with E-state index in [9.17, 15) is 4.79 Å². The van der Waals surface area contributed by atoms with Crippen LogP contribution in [0.4, 0.5) is 0 Å². The number of nitrogens with zero attached hydrogens (tertiary/aromatic N) is 1. The summed E-state index contributed by atoms with van der Waals surface area (Å²) >= 11 is 6.02. The predicted molar refractivity (Wildman–Crippen MR) is 80.8 cm³/mol. The van der Waals surface area contributed by atoms with Crippen molar-refractivity contribution in [2.75, 3.05) is 33.4 Å². The molecule has 0 aliphatic heterocycles. The van der Waals surface area contributed by atoms with E-state index in [2.05, 4.69) is 6.92 Å². The Morgan fingerprint density at radius 3 is 2.70 bits per heavy atom. The first-order valence-corrected chi connectivity index (χ1v) is 7.20. The molecule has 5 heteroatoms. The Morgan fingerprint density at radius 1 is 1.40 bits per heavy atom. The van der Waals surface area contributed by atoms with Gasteiger partial charge in [0.05, 0.1) is 25.3 Å². The lowest BCUT2D eigenvalue weighted by molar-refractivity contribution is 0.0913. The molecule has 0 atom stereocenters. The Bertz CT molecular complexity index is 437. The van der Waals surface area contributed by atoms with E-state index in [0.29, 0.717) is 29.4 Å². The van der Waals surface area contributed by atoms with E-state index in [1.807, 2.05) is 4.90 Å². The molecule has 0 aliphatic rings. The molecule has 4 nitrogen and oxygen atoms in total. The number of aliphatic hydroxyl groups excluding tert-OH is 1. The molecule has 0 aromatic heterocycles. The first kappa shape index (κ1) is 17.0. The molecule has 0 saturated carbocycles. The van der Waals surface area contributed by atoms with Crippen LogP contribution in [0.5, 0.6) is 5.75 Å². The summed E-state index contributed by atoms with van der Waals surface area (Å²) in [7, 11) is 1.54. The molecule has 0 saturated heterocycles. The van der Waals surface area contributed by atoms with Gasteiger partial charge in [0.2, 0.25) is 0 Å². The fourth-order valence-electron chi connectivity index (χ4n) is 1.93. The minimum atomic E-state index is -0.000828. The van der Waals surface area contributed by atoms with Gasteiger partial charge in [-0.3, -0.25) is 9.69 Å². The number of hydrogen-bond donors (Lipinski definition) is 1. The molecule has 0 radical (unpaired) electrons. The molecule has 0 amide bonds. The van der Waals surface area contributed by atoms with Crippen molar-refractivity contribution in [3.05, 3.63) is 28.8 Å². The number of aliphatic hydroxyl groups is 1. The summed E-state index contributed by atoms with van der Waals surface area (Å²) in [6.45, 7) is 3.77. The van der Waals surface area contributed by atoms with E-state index in [1.54, 1.807) is 18.2 Å². The van der Waals surface area contributed by atoms with Crippen LogP contribution in [0.2, 0.25) is 5.02 Å². The normalized spacial score (nSPS) is 10.8. The molecule has 0 fully saturated rings. The fourth-order valence-corrected chi connectivity index (χ4v) is 2.18. The van der Waals surface area contributed by atoms with Gasteiger partial charge in [-0.25, -0.2) is 0 Å². The van der Waals surface area contributed by atoms with E-state index >= 15 is 0 Å². The number of benzene rings is 1. The van der Waals surface area contributed by atoms with Crippen molar-refractivity contribution in [3.8, 4) is 5.75 Å². The van der Waals surface area contributed by atoms with Crippen LogP contribution in [0, 0.1) is 0 Å². The quantitative estimate of drug-likeness (QED) is 0.712. The van der Waals surface area contributed by atoms with Gasteiger partial charge in [-0.05, 0) is 31.2 Å². The molecular formula is C15H22ClNO3. The molecule has 0 bridgehead atoms. The average molecular weight is 300 g/mol. The largest absolute Gasteiger partial charge is 0.495 e. The summed E-state index contributed by atoms with van der Waals surface area (Å²) in [6, 6.07) is 5.03. The second kappa shape index (κ2) is 8.95. The van der Waals surface area contributed by atoms with E-state index in [4.69, 9.17) is 21.4 Å². The zero-order valence-corrected chi connectivity index (χ0v) is 12.8. The van der Waals surface area contributed by atoms with Gasteiger partial charge >= 0.3 is 0 Å². The van der Waals surface area contributed by atoms with Crippen molar-refractivity contribution >= 4 is 17.4 Å². The smallest absolute Gasteiger partial charge is 0.176 e. The summed E-state index contributed by atoms with van der Waals surface area (Å²) in [5.74, 6) is 0.556. The van der Waals surface area contributed by atoms with Gasteiger partial charge in [0.15, 0.2) is 5.78 Å². The minimum absolute atomic E-state index is 0.000828. The fraction of sp³-hybridized carbons (Fsp3) is 0.533. The monoisotopic (exact) mass is 299 g/mol. The zero-order chi connectivity index (χ0) is 15.0. The minimum Gasteiger partial charge on any atom is -0.495 e. The van der Waals surface area contributed by atoms with Crippen LogP contribution in [-0.2, 0) is 0 Å². The molecule has 0 heterocycles. The lowest BCUT2D eigenvalue weighted by atomic mass is 10.1. The Kier molecular flexibility index (Phi) is 7.59. The lowest BCUT2D eigenvalue weighted by Gasteiger charge is -2.20. The highest BCUT2D eigenvalue weighted by Crippen LogP contribution is 2.25. The molecule has 0 spiro atoms. The van der Waals surface area contributed by atoms with Gasteiger partial charge in [-0.1, -0.05) is 24.9 Å². The third kappa shape index (κ3) is 5.12. The SMILES string of the molecule is CCCCN(CCO)CC(=O)c1ccc(OC)c(Cl)c1. The first-order valence-electron chi connectivity index (χ1n) is 6.82. The Labute approximate surface area is 125 Å². The van der Waals surface area contributed by atoms with Gasteiger partial charge in [-0.2, -0.15) is 0 Å². The van der Waals surface area contributed by atoms with E-state index in [1.165, 1.54) is 7.11 Å². The van der Waals surface area contributed by atoms with Crippen LogP contribution < -0.4 is 4.74 Å². The number of rotatable bonds is 9. The third-order valence-corrected chi connectivity index (χ3v) is 3.38. The van der Waals surface area contributed by atoms with Crippen molar-refractivity contribution in [2.24, 2.45) is 0 Å². The molecule has 1 N–H and O–H groups in total. The Morgan fingerprint density at radius 2 is 2.15 bits per heavy atom. The summed E-state index contributed by atoms with van der Waals surface area (Å²) in [6.07, 6.45) is 2.07. The zero-order valence-electron chi connectivity index (χ0n) is 12.1. The topological polar surface area (TPSA) is 49.8 Å². The number of carbonyl (C=O) groups excluding carboxylic acids is 1. The van der Waals surface area contributed by atoms with Crippen molar-refractivity contribution in [2.45, 2.75) is 19.8 Å². The van der Waals surface area contributed by atoms with Gasteiger partial charge in [0.25, 0.3) is 0 Å². The maximum atomic E-state index is 12.2. The summed E-state index contributed by atoms with van der Waals surface area (Å²) in [5.41, 5.74) is 0.565. The second-order valence-corrected chi connectivity index (χ2v) is 5.03. The van der Waals surface area contributed by atoms with Crippen LogP contribution in [0.15, 0.2) is 18.2 Å². The van der Waals surface area contributed by atoms with Gasteiger partial charge < -0.3 is 9.84 Å². The first-order chi connectivity index (χ1) is 9.62. The highest BCUT2D eigenvalue weighted by molar-refractivity contribution is 6.32. The second-order valence-electron chi connectivity index (χ2n) is 4.63. The molecule has 1 rings (SSSR count). The van der Waals surface area contributed by atoms with E-state index in [-0.39, 0.29) is 12.4 Å². The van der Waals surface area contributed by atoms with Crippen molar-refractivity contribution < 1.29 is 14.6 Å². The standard InChI is InChI=1S/C15H22ClNO3/c1-3-4-7-17(8-9-18)11-14(19)12-5-6-15(20-2)13(16)10-12/h5-6,10,18H,3-4,7-9,11H2,1-2H3. The van der Waals surface area contributed by atoms with Crippen LogP contribution >= 0.6 is 11.6 Å². The summed E-state index contributed by atoms with van der Waals surface area (Å²) in [4.78, 5) is 14.2. The molecule has 112 valence electrons. The van der Waals surface area contributed by atoms with Gasteiger partial charge in [0, 0.05) is 12.1 Å². The summed E-state index contributed by atoms with van der Waals surface area (Å²) < 4.78 is 5.07. The van der Waals surface area contributed by atoms with Crippen LogP contribution in [0.25, 0.3) is 0 Å². The predicted octanol–water partition coefficient (Wildman–Crippen LogP) is 2.63. The lowest BCUT2D eigenvalue weighted by Crippen LogP contribution is -2.33. The Balaban J connectivity index is 2.70. The maximum Gasteiger partial charge on any atom is 0.176 e. The van der Waals surface area contributed by atoms with Crippen molar-refractivity contribution in [1.29, 1.82) is 0 Å². The van der Waals surface area contributed by atoms with Crippen LogP contribution in [-0.4, -0.2) is 49.1 Å². The van der Waals surface area contributed by atoms with Crippen molar-refractivity contribution in [1.82, 2.24) is 4.90 Å². The molecule has 0 aliphatic carbocycles. The van der Waals surface area contributed by atoms with Crippen LogP contribution in [0.1, 0.15) is 30.1 Å². The number of methoxy groups -OCH3 is 1. The number of hydrogen-bond acceptors (Lipinski definition) is 4. The third-order valence-electron chi connectivity index (χ3n) is 3.09. The van der Waals surface area contributed by atoms with E-state index in [0.717, 1.165) is 19.4 Å². The van der Waals surface area contributed by atoms with E-state index < -0.39 is 0 Å². The number of halogens is 1. The molecule has 20 heavy (non-hydrogen) atoms. The summed E-state index contributed by atoms with van der Waals surface area (Å²) in [5, 5.41) is 9.47. The van der Waals surface area contributed by atoms with Crippen LogP contribution in [0.3, 0.4) is 0 Å². The molecule has 1 aromatic carbocycles. The highest BCUT2D eigenvalue weighted by Gasteiger charge is 2.13. The highest BCUT2D eigenvalue weighted by atomic mass is 35.5.